The summed E-state index contributed by atoms with van der Waals surface area (Å²) in [6, 6.07) is 0. The van der Waals surface area contributed by atoms with Crippen LogP contribution < -0.4 is 0 Å². The summed E-state index contributed by atoms with van der Waals surface area (Å²) < 4.78 is 0. The zero-order valence-corrected chi connectivity index (χ0v) is 7.26. The van der Waals surface area contributed by atoms with Gasteiger partial charge in [-0.2, -0.15) is 0 Å². The van der Waals surface area contributed by atoms with Crippen molar-refractivity contribution >= 4 is 11.6 Å². The number of nitrogens with zero attached hydrogens (tertiary/aromatic N) is 1. The van der Waals surface area contributed by atoms with E-state index in [0.29, 0.717) is 5.02 Å². The van der Waals surface area contributed by atoms with Gasteiger partial charge in [-0.1, -0.05) is 25.4 Å². The first-order valence-electron chi connectivity index (χ1n) is 3.45. The van der Waals surface area contributed by atoms with Crippen molar-refractivity contribution in [2.45, 2.75) is 19.8 Å². The van der Waals surface area contributed by atoms with Gasteiger partial charge in [0.25, 0.3) is 0 Å². The van der Waals surface area contributed by atoms with Gasteiger partial charge in [0.15, 0.2) is 0 Å². The molecule has 1 heterocycles. The number of aromatic hydroxyl groups is 1. The van der Waals surface area contributed by atoms with Crippen molar-refractivity contribution in [2.75, 3.05) is 0 Å². The summed E-state index contributed by atoms with van der Waals surface area (Å²) in [4.78, 5) is 3.87. The Morgan fingerprint density at radius 2 is 2.09 bits per heavy atom. The Bertz CT molecular complexity index is 260. The number of halogens is 1. The summed E-state index contributed by atoms with van der Waals surface area (Å²) in [6.45, 7) is 3.96. The molecule has 11 heavy (non-hydrogen) atoms. The van der Waals surface area contributed by atoms with Gasteiger partial charge in [-0.25, -0.2) is 0 Å². The fourth-order valence-electron chi connectivity index (χ4n) is 0.866. The van der Waals surface area contributed by atoms with Crippen LogP contribution in [0.15, 0.2) is 12.4 Å². The molecular formula is C8H10ClNO. The molecule has 0 fully saturated rings. The van der Waals surface area contributed by atoms with Gasteiger partial charge < -0.3 is 5.11 Å². The van der Waals surface area contributed by atoms with Gasteiger partial charge in [0.2, 0.25) is 0 Å². The van der Waals surface area contributed by atoms with Crippen LogP contribution in [0.5, 0.6) is 5.75 Å². The monoisotopic (exact) mass is 171 g/mol. The molecule has 2 nitrogen and oxygen atoms in total. The van der Waals surface area contributed by atoms with Gasteiger partial charge >= 0.3 is 0 Å². The zero-order chi connectivity index (χ0) is 8.43. The van der Waals surface area contributed by atoms with Crippen molar-refractivity contribution in [1.82, 2.24) is 4.98 Å². The van der Waals surface area contributed by atoms with Crippen LogP contribution in [0.3, 0.4) is 0 Å². The van der Waals surface area contributed by atoms with Gasteiger partial charge in [0, 0.05) is 18.0 Å². The summed E-state index contributed by atoms with van der Waals surface area (Å²) in [6.07, 6.45) is 3.06. The van der Waals surface area contributed by atoms with E-state index in [0.717, 1.165) is 5.56 Å². The van der Waals surface area contributed by atoms with E-state index in [1.165, 1.54) is 6.20 Å². The number of pyridine rings is 1. The summed E-state index contributed by atoms with van der Waals surface area (Å²) in [5.41, 5.74) is 0.789. The van der Waals surface area contributed by atoms with Crippen LogP contribution in [0.25, 0.3) is 0 Å². The maximum Gasteiger partial charge on any atom is 0.140 e. The molecule has 0 amide bonds. The topological polar surface area (TPSA) is 33.1 Å². The van der Waals surface area contributed by atoms with E-state index >= 15 is 0 Å². The summed E-state index contributed by atoms with van der Waals surface area (Å²) in [5, 5.41) is 9.71. The first-order valence-corrected chi connectivity index (χ1v) is 3.83. The molecule has 0 saturated carbocycles. The Balaban J connectivity index is 3.17. The Morgan fingerprint density at radius 1 is 1.45 bits per heavy atom. The van der Waals surface area contributed by atoms with E-state index in [-0.39, 0.29) is 11.7 Å². The molecule has 0 aliphatic heterocycles. The lowest BCUT2D eigenvalue weighted by Gasteiger charge is -2.07. The molecule has 0 unspecified atom stereocenters. The maximum absolute atomic E-state index is 9.40. The van der Waals surface area contributed by atoms with Crippen LogP contribution >= 0.6 is 11.6 Å². The normalized spacial score (nSPS) is 10.5. The fourth-order valence-corrected chi connectivity index (χ4v) is 1.03. The number of hydrogen-bond acceptors (Lipinski definition) is 2. The third-order valence-electron chi connectivity index (χ3n) is 1.52. The van der Waals surface area contributed by atoms with E-state index in [4.69, 9.17) is 11.6 Å². The molecule has 0 saturated heterocycles. The first-order chi connectivity index (χ1) is 5.13. The molecule has 0 aliphatic rings. The molecule has 0 bridgehead atoms. The average molecular weight is 172 g/mol. The van der Waals surface area contributed by atoms with Gasteiger partial charge in [-0.05, 0) is 5.92 Å². The van der Waals surface area contributed by atoms with Crippen molar-refractivity contribution < 1.29 is 5.11 Å². The minimum Gasteiger partial charge on any atom is -0.506 e. The van der Waals surface area contributed by atoms with Crippen molar-refractivity contribution in [3.63, 3.8) is 0 Å². The zero-order valence-electron chi connectivity index (χ0n) is 6.50. The van der Waals surface area contributed by atoms with Gasteiger partial charge in [-0.3, -0.25) is 4.98 Å². The molecule has 1 aromatic heterocycles. The van der Waals surface area contributed by atoms with Crippen LogP contribution in [0.4, 0.5) is 0 Å². The summed E-state index contributed by atoms with van der Waals surface area (Å²) >= 11 is 5.65. The first kappa shape index (κ1) is 8.34. The molecule has 1 rings (SSSR count). The molecule has 60 valence electrons. The number of aromatic nitrogens is 1. The van der Waals surface area contributed by atoms with Crippen LogP contribution in [-0.4, -0.2) is 10.1 Å². The van der Waals surface area contributed by atoms with E-state index in [1.54, 1.807) is 6.20 Å². The van der Waals surface area contributed by atoms with E-state index in [9.17, 15) is 5.11 Å². The lowest BCUT2D eigenvalue weighted by atomic mass is 10.1. The highest BCUT2D eigenvalue weighted by molar-refractivity contribution is 6.31. The van der Waals surface area contributed by atoms with Crippen LogP contribution in [0.2, 0.25) is 5.02 Å². The predicted molar refractivity (Wildman–Crippen MR) is 45.0 cm³/mol. The van der Waals surface area contributed by atoms with Gasteiger partial charge in [0.1, 0.15) is 10.8 Å². The Morgan fingerprint density at radius 3 is 2.55 bits per heavy atom. The largest absolute Gasteiger partial charge is 0.506 e. The van der Waals surface area contributed by atoms with Crippen LogP contribution in [0.1, 0.15) is 25.3 Å². The van der Waals surface area contributed by atoms with Crippen molar-refractivity contribution in [2.24, 2.45) is 0 Å². The minimum atomic E-state index is 0.150. The molecule has 3 heteroatoms. The quantitative estimate of drug-likeness (QED) is 0.705. The third-order valence-corrected chi connectivity index (χ3v) is 1.80. The maximum atomic E-state index is 9.40. The standard InChI is InChI=1S/C8H10ClNO/c1-5(2)6-3-10-4-7(9)8(6)11/h3-5H,1-2H3,(H,10,11). The van der Waals surface area contributed by atoms with Gasteiger partial charge in [-0.15, -0.1) is 0 Å². The lowest BCUT2D eigenvalue weighted by molar-refractivity contribution is 0.464. The molecule has 0 atom stereocenters. The smallest absolute Gasteiger partial charge is 0.140 e. The van der Waals surface area contributed by atoms with Crippen molar-refractivity contribution in [3.8, 4) is 5.75 Å². The highest BCUT2D eigenvalue weighted by Crippen LogP contribution is 2.30. The molecule has 0 aliphatic carbocycles. The highest BCUT2D eigenvalue weighted by atomic mass is 35.5. The molecular weight excluding hydrogens is 162 g/mol. The average Bonchev–Trinajstić information content (AvgIpc) is 1.94. The minimum absolute atomic E-state index is 0.150. The molecule has 0 radical (unpaired) electrons. The number of hydrogen-bond donors (Lipinski definition) is 1. The van der Waals surface area contributed by atoms with Crippen LogP contribution in [-0.2, 0) is 0 Å². The predicted octanol–water partition coefficient (Wildman–Crippen LogP) is 2.56. The molecule has 0 aromatic carbocycles. The van der Waals surface area contributed by atoms with Gasteiger partial charge in [0.05, 0.1) is 0 Å². The lowest BCUT2D eigenvalue weighted by Crippen LogP contribution is -1.89. The Kier molecular flexibility index (Phi) is 2.35. The second-order valence-electron chi connectivity index (χ2n) is 2.71. The van der Waals surface area contributed by atoms with Crippen LogP contribution in [0, 0.1) is 0 Å². The van der Waals surface area contributed by atoms with E-state index in [2.05, 4.69) is 4.98 Å². The van der Waals surface area contributed by atoms with Crippen molar-refractivity contribution in [3.05, 3.63) is 23.0 Å². The highest BCUT2D eigenvalue weighted by Gasteiger charge is 2.08. The van der Waals surface area contributed by atoms with Crippen molar-refractivity contribution in [1.29, 1.82) is 0 Å². The second kappa shape index (κ2) is 3.09. The SMILES string of the molecule is CC(C)c1cncc(Cl)c1O. The second-order valence-corrected chi connectivity index (χ2v) is 3.12. The molecule has 1 N–H and O–H groups in total. The van der Waals surface area contributed by atoms with E-state index in [1.807, 2.05) is 13.8 Å². The Labute approximate surface area is 70.8 Å². The molecule has 0 spiro atoms. The number of rotatable bonds is 1. The summed E-state index contributed by atoms with van der Waals surface area (Å²) in [5.74, 6) is 0.401. The molecule has 1 aromatic rings. The third kappa shape index (κ3) is 1.63. The summed E-state index contributed by atoms with van der Waals surface area (Å²) in [7, 11) is 0. The fraction of sp³-hybridized carbons (Fsp3) is 0.375. The Hall–Kier alpha value is -0.760. The van der Waals surface area contributed by atoms with E-state index < -0.39 is 0 Å².